The molecule has 3 N–H and O–H groups in total. The van der Waals surface area contributed by atoms with Gasteiger partial charge in [-0.15, -0.1) is 0 Å². The highest BCUT2D eigenvalue weighted by Crippen LogP contribution is 2.23. The molecule has 0 radical (unpaired) electrons. The summed E-state index contributed by atoms with van der Waals surface area (Å²) in [5.41, 5.74) is 4.33. The van der Waals surface area contributed by atoms with Crippen molar-refractivity contribution < 1.29 is 9.72 Å². The number of hydrogen-bond acceptors (Lipinski definition) is 4. The molecule has 0 bridgehead atoms. The number of anilines is 1. The number of carbonyl (C=O) groups excluding carboxylic acids is 1. The zero-order valence-corrected chi connectivity index (χ0v) is 16.0. The molecule has 2 aromatic rings. The molecule has 1 atom stereocenters. The molecule has 0 spiro atoms. The molecule has 1 aliphatic carbocycles. The van der Waals surface area contributed by atoms with Crippen molar-refractivity contribution >= 4 is 17.4 Å². The van der Waals surface area contributed by atoms with Gasteiger partial charge in [0, 0.05) is 30.4 Å². The summed E-state index contributed by atoms with van der Waals surface area (Å²) in [5, 5.41) is 19.8. The number of urea groups is 1. The number of nitro groups is 1. The summed E-state index contributed by atoms with van der Waals surface area (Å²) in [6.07, 6.45) is 4.41. The molecule has 0 aliphatic heterocycles. The SMILES string of the molecule is CCCN[C@@H]1CCc2cc(CNC(=O)Nc3ccc([N+](=O)[O-])cc3)ccc2C1. The summed E-state index contributed by atoms with van der Waals surface area (Å²) < 4.78 is 0. The number of amides is 2. The first-order valence-corrected chi connectivity index (χ1v) is 9.68. The predicted molar refractivity (Wildman–Crippen MR) is 110 cm³/mol. The maximum Gasteiger partial charge on any atom is 0.319 e. The Balaban J connectivity index is 1.51. The van der Waals surface area contributed by atoms with Gasteiger partial charge in [0.1, 0.15) is 0 Å². The van der Waals surface area contributed by atoms with Gasteiger partial charge in [-0.1, -0.05) is 25.1 Å². The molecule has 0 heterocycles. The molecule has 0 fully saturated rings. The van der Waals surface area contributed by atoms with Crippen molar-refractivity contribution in [3.63, 3.8) is 0 Å². The van der Waals surface area contributed by atoms with Crippen LogP contribution in [0.25, 0.3) is 0 Å². The Morgan fingerprint density at radius 3 is 2.68 bits per heavy atom. The first-order chi connectivity index (χ1) is 13.5. The lowest BCUT2D eigenvalue weighted by molar-refractivity contribution is -0.384. The van der Waals surface area contributed by atoms with Crippen molar-refractivity contribution in [2.45, 2.75) is 45.2 Å². The van der Waals surface area contributed by atoms with Gasteiger partial charge in [-0.2, -0.15) is 0 Å². The third-order valence-electron chi connectivity index (χ3n) is 4.97. The lowest BCUT2D eigenvalue weighted by Crippen LogP contribution is -2.35. The van der Waals surface area contributed by atoms with E-state index in [-0.39, 0.29) is 11.7 Å². The number of non-ortho nitro benzene ring substituents is 1. The standard InChI is InChI=1S/C21H26N4O3/c1-2-11-22-19-6-5-16-12-15(3-4-17(16)13-19)14-23-21(26)24-18-7-9-20(10-8-18)25(27)28/h3-4,7-10,12,19,22H,2,5-6,11,13-14H2,1H3,(H2,23,24,26)/t19-/m1/s1. The first-order valence-electron chi connectivity index (χ1n) is 9.68. The van der Waals surface area contributed by atoms with E-state index in [9.17, 15) is 14.9 Å². The van der Waals surface area contributed by atoms with Gasteiger partial charge in [0.05, 0.1) is 4.92 Å². The van der Waals surface area contributed by atoms with Gasteiger partial charge in [0.25, 0.3) is 5.69 Å². The zero-order chi connectivity index (χ0) is 19.9. The van der Waals surface area contributed by atoms with Gasteiger partial charge >= 0.3 is 6.03 Å². The van der Waals surface area contributed by atoms with E-state index in [0.717, 1.165) is 37.8 Å². The third kappa shape index (κ3) is 5.29. The van der Waals surface area contributed by atoms with Crippen LogP contribution in [0.3, 0.4) is 0 Å². The van der Waals surface area contributed by atoms with E-state index in [1.54, 1.807) is 0 Å². The summed E-state index contributed by atoms with van der Waals surface area (Å²) in [6.45, 7) is 3.68. The molecule has 0 saturated carbocycles. The Morgan fingerprint density at radius 2 is 1.96 bits per heavy atom. The second-order valence-corrected chi connectivity index (χ2v) is 7.11. The average molecular weight is 382 g/mol. The molecule has 0 unspecified atom stereocenters. The van der Waals surface area contributed by atoms with Crippen LogP contribution in [0.15, 0.2) is 42.5 Å². The number of benzene rings is 2. The van der Waals surface area contributed by atoms with Crippen LogP contribution in [-0.2, 0) is 19.4 Å². The lowest BCUT2D eigenvalue weighted by Gasteiger charge is -2.26. The smallest absolute Gasteiger partial charge is 0.319 e. The molecule has 3 rings (SSSR count). The van der Waals surface area contributed by atoms with E-state index in [2.05, 4.69) is 41.1 Å². The fourth-order valence-corrected chi connectivity index (χ4v) is 3.47. The average Bonchev–Trinajstić information content (AvgIpc) is 2.71. The van der Waals surface area contributed by atoms with Crippen LogP contribution in [-0.4, -0.2) is 23.5 Å². The van der Waals surface area contributed by atoms with Crippen LogP contribution >= 0.6 is 0 Å². The largest absolute Gasteiger partial charge is 0.334 e. The summed E-state index contributed by atoms with van der Waals surface area (Å²) in [4.78, 5) is 22.3. The lowest BCUT2D eigenvalue weighted by atomic mass is 9.87. The molecule has 2 amide bonds. The van der Waals surface area contributed by atoms with E-state index in [1.807, 2.05) is 0 Å². The van der Waals surface area contributed by atoms with E-state index in [0.29, 0.717) is 18.3 Å². The summed E-state index contributed by atoms with van der Waals surface area (Å²) >= 11 is 0. The van der Waals surface area contributed by atoms with Gasteiger partial charge in [-0.05, 0) is 61.1 Å². The number of hydrogen-bond donors (Lipinski definition) is 3. The monoisotopic (exact) mass is 382 g/mol. The zero-order valence-electron chi connectivity index (χ0n) is 16.0. The highest BCUT2D eigenvalue weighted by Gasteiger charge is 2.18. The van der Waals surface area contributed by atoms with Crippen molar-refractivity contribution in [2.24, 2.45) is 0 Å². The minimum Gasteiger partial charge on any atom is -0.334 e. The van der Waals surface area contributed by atoms with Gasteiger partial charge in [-0.3, -0.25) is 10.1 Å². The van der Waals surface area contributed by atoms with Gasteiger partial charge in [0.2, 0.25) is 0 Å². The molecule has 2 aromatic carbocycles. The van der Waals surface area contributed by atoms with Crippen molar-refractivity contribution in [2.75, 3.05) is 11.9 Å². The number of nitrogens with zero attached hydrogens (tertiary/aromatic N) is 1. The second-order valence-electron chi connectivity index (χ2n) is 7.11. The van der Waals surface area contributed by atoms with Crippen molar-refractivity contribution in [1.82, 2.24) is 10.6 Å². The Morgan fingerprint density at radius 1 is 1.18 bits per heavy atom. The van der Waals surface area contributed by atoms with Gasteiger partial charge in [-0.25, -0.2) is 4.79 Å². The molecule has 0 aromatic heterocycles. The summed E-state index contributed by atoms with van der Waals surface area (Å²) in [7, 11) is 0. The van der Waals surface area contributed by atoms with E-state index < -0.39 is 4.92 Å². The number of fused-ring (bicyclic) bond motifs is 1. The van der Waals surface area contributed by atoms with E-state index in [1.165, 1.54) is 35.4 Å². The second kappa shape index (κ2) is 9.32. The maximum atomic E-state index is 12.1. The van der Waals surface area contributed by atoms with Crippen LogP contribution < -0.4 is 16.0 Å². The molecule has 28 heavy (non-hydrogen) atoms. The Labute approximate surface area is 164 Å². The number of carbonyl (C=O) groups is 1. The number of nitro benzene ring substituents is 1. The van der Waals surface area contributed by atoms with Crippen molar-refractivity contribution in [3.8, 4) is 0 Å². The van der Waals surface area contributed by atoms with Crippen LogP contribution in [0.2, 0.25) is 0 Å². The fraction of sp³-hybridized carbons (Fsp3) is 0.381. The highest BCUT2D eigenvalue weighted by atomic mass is 16.6. The van der Waals surface area contributed by atoms with Crippen LogP contribution in [0.4, 0.5) is 16.2 Å². The van der Waals surface area contributed by atoms with Crippen molar-refractivity contribution in [3.05, 3.63) is 69.3 Å². The molecular formula is C21H26N4O3. The third-order valence-corrected chi connectivity index (χ3v) is 4.97. The minimum absolute atomic E-state index is 0.00727. The Kier molecular flexibility index (Phi) is 6.60. The molecule has 148 valence electrons. The molecular weight excluding hydrogens is 356 g/mol. The number of aryl methyl sites for hydroxylation is 1. The number of nitrogens with one attached hydrogen (secondary N) is 3. The topological polar surface area (TPSA) is 96.3 Å². The van der Waals surface area contributed by atoms with Gasteiger partial charge in [0.15, 0.2) is 0 Å². The van der Waals surface area contributed by atoms with E-state index >= 15 is 0 Å². The number of rotatable bonds is 7. The fourth-order valence-electron chi connectivity index (χ4n) is 3.47. The van der Waals surface area contributed by atoms with Crippen LogP contribution in [0.5, 0.6) is 0 Å². The quantitative estimate of drug-likeness (QED) is 0.502. The summed E-state index contributed by atoms with van der Waals surface area (Å²) in [5.74, 6) is 0. The summed E-state index contributed by atoms with van der Waals surface area (Å²) in [6, 6.07) is 12.4. The Hall–Kier alpha value is -2.93. The van der Waals surface area contributed by atoms with E-state index in [4.69, 9.17) is 0 Å². The van der Waals surface area contributed by atoms with Gasteiger partial charge < -0.3 is 16.0 Å². The Bertz CT molecular complexity index is 836. The predicted octanol–water partition coefficient (Wildman–Crippen LogP) is 3.77. The normalized spacial score (nSPS) is 15.5. The first kappa shape index (κ1) is 19.8. The highest BCUT2D eigenvalue weighted by molar-refractivity contribution is 5.89. The molecule has 1 aliphatic rings. The molecule has 7 nitrogen and oxygen atoms in total. The minimum atomic E-state index is -0.470. The van der Waals surface area contributed by atoms with Crippen LogP contribution in [0.1, 0.15) is 36.5 Å². The maximum absolute atomic E-state index is 12.1. The molecule has 0 saturated heterocycles. The van der Waals surface area contributed by atoms with Crippen LogP contribution in [0, 0.1) is 10.1 Å². The molecule has 7 heteroatoms. The van der Waals surface area contributed by atoms with Crippen molar-refractivity contribution in [1.29, 1.82) is 0 Å².